The molecule has 0 radical (unpaired) electrons. The Labute approximate surface area is 131 Å². The number of rotatable bonds is 4. The van der Waals surface area contributed by atoms with Crippen LogP contribution in [0.1, 0.15) is 37.7 Å². The molecule has 3 atom stereocenters. The summed E-state index contributed by atoms with van der Waals surface area (Å²) in [5.41, 5.74) is 7.22. The topological polar surface area (TPSA) is 46.3 Å². The monoisotopic (exact) mass is 304 g/mol. The quantitative estimate of drug-likeness (QED) is 0.929. The number of amides is 1. The summed E-state index contributed by atoms with van der Waals surface area (Å²) in [7, 11) is 0. The Balaban J connectivity index is 1.49. The van der Waals surface area contributed by atoms with Crippen LogP contribution in [0.5, 0.6) is 0 Å². The number of hydrogen-bond donors (Lipinski definition) is 1. The zero-order valence-electron chi connectivity index (χ0n) is 13.0. The zero-order valence-corrected chi connectivity index (χ0v) is 13.0. The molecule has 1 unspecified atom stereocenters. The molecule has 1 saturated heterocycles. The van der Waals surface area contributed by atoms with Crippen molar-refractivity contribution in [2.75, 3.05) is 13.1 Å². The Morgan fingerprint density at radius 3 is 2.68 bits per heavy atom. The summed E-state index contributed by atoms with van der Waals surface area (Å²) >= 11 is 0. The predicted molar refractivity (Wildman–Crippen MR) is 84.7 cm³/mol. The summed E-state index contributed by atoms with van der Waals surface area (Å²) in [6.07, 6.45) is 5.90. The Bertz CT molecular complexity index is 516. The maximum atomic E-state index is 12.9. The summed E-state index contributed by atoms with van der Waals surface area (Å²) in [5, 5.41) is 0. The fourth-order valence-corrected chi connectivity index (χ4v) is 3.85. The highest BCUT2D eigenvalue weighted by Crippen LogP contribution is 2.29. The maximum absolute atomic E-state index is 12.9. The van der Waals surface area contributed by atoms with Gasteiger partial charge < -0.3 is 10.6 Å². The molecular weight excluding hydrogens is 279 g/mol. The highest BCUT2D eigenvalue weighted by Gasteiger charge is 2.31. The SMILES string of the molecule is N[C@@H]1CCC[C@H]1CC(=O)N1CCC(Cc2ccc(F)cc2)C1. The van der Waals surface area contributed by atoms with Crippen molar-refractivity contribution < 1.29 is 9.18 Å². The molecule has 4 heteroatoms. The van der Waals surface area contributed by atoms with Crippen molar-refractivity contribution in [1.29, 1.82) is 0 Å². The number of benzene rings is 1. The molecule has 1 aliphatic heterocycles. The van der Waals surface area contributed by atoms with E-state index in [0.29, 0.717) is 18.3 Å². The third-order valence-corrected chi connectivity index (χ3v) is 5.23. The van der Waals surface area contributed by atoms with Gasteiger partial charge in [-0.1, -0.05) is 18.6 Å². The van der Waals surface area contributed by atoms with Gasteiger partial charge in [0.15, 0.2) is 0 Å². The van der Waals surface area contributed by atoms with Crippen LogP contribution in [0.2, 0.25) is 0 Å². The lowest BCUT2D eigenvalue weighted by Gasteiger charge is -2.21. The van der Waals surface area contributed by atoms with E-state index in [9.17, 15) is 9.18 Å². The van der Waals surface area contributed by atoms with Gasteiger partial charge in [0.25, 0.3) is 0 Å². The van der Waals surface area contributed by atoms with E-state index in [2.05, 4.69) is 0 Å². The minimum absolute atomic E-state index is 0.195. The van der Waals surface area contributed by atoms with E-state index in [0.717, 1.165) is 50.8 Å². The molecule has 22 heavy (non-hydrogen) atoms. The van der Waals surface area contributed by atoms with Crippen molar-refractivity contribution >= 4 is 5.91 Å². The number of halogens is 1. The molecular formula is C18H25FN2O. The number of nitrogens with two attached hydrogens (primary N) is 1. The number of hydrogen-bond acceptors (Lipinski definition) is 2. The van der Waals surface area contributed by atoms with Gasteiger partial charge in [-0.05, 0) is 55.2 Å². The summed E-state index contributed by atoms with van der Waals surface area (Å²) in [6.45, 7) is 1.69. The molecule has 2 fully saturated rings. The van der Waals surface area contributed by atoms with Crippen LogP contribution in [-0.4, -0.2) is 29.9 Å². The third-order valence-electron chi connectivity index (χ3n) is 5.23. The molecule has 3 nitrogen and oxygen atoms in total. The van der Waals surface area contributed by atoms with Crippen LogP contribution in [-0.2, 0) is 11.2 Å². The van der Waals surface area contributed by atoms with Crippen molar-refractivity contribution in [3.8, 4) is 0 Å². The second kappa shape index (κ2) is 6.78. The molecule has 1 aromatic carbocycles. The highest BCUT2D eigenvalue weighted by molar-refractivity contribution is 5.76. The zero-order chi connectivity index (χ0) is 15.5. The second-order valence-electron chi connectivity index (χ2n) is 6.88. The first kappa shape index (κ1) is 15.5. The first-order chi connectivity index (χ1) is 10.6. The van der Waals surface area contributed by atoms with Crippen LogP contribution < -0.4 is 5.73 Å². The standard InChI is InChI=1S/C18H25FN2O/c19-16-6-4-13(5-7-16)10-14-8-9-21(12-14)18(22)11-15-2-1-3-17(15)20/h4-7,14-15,17H,1-3,8-12,20H2/t14?,15-,17+/m0/s1. The van der Waals surface area contributed by atoms with E-state index in [-0.39, 0.29) is 17.8 Å². The molecule has 1 aliphatic carbocycles. The van der Waals surface area contributed by atoms with E-state index < -0.39 is 0 Å². The number of carbonyl (C=O) groups excluding carboxylic acids is 1. The van der Waals surface area contributed by atoms with Crippen molar-refractivity contribution in [1.82, 2.24) is 4.90 Å². The highest BCUT2D eigenvalue weighted by atomic mass is 19.1. The lowest BCUT2D eigenvalue weighted by atomic mass is 9.98. The van der Waals surface area contributed by atoms with Crippen molar-refractivity contribution in [3.05, 3.63) is 35.6 Å². The molecule has 120 valence electrons. The molecule has 2 N–H and O–H groups in total. The normalized spacial score (nSPS) is 28.3. The minimum Gasteiger partial charge on any atom is -0.342 e. The van der Waals surface area contributed by atoms with Crippen LogP contribution in [0.4, 0.5) is 4.39 Å². The largest absolute Gasteiger partial charge is 0.342 e. The Hall–Kier alpha value is -1.42. The van der Waals surface area contributed by atoms with Crippen LogP contribution in [0.15, 0.2) is 24.3 Å². The number of nitrogens with zero attached hydrogens (tertiary/aromatic N) is 1. The summed E-state index contributed by atoms with van der Waals surface area (Å²) in [5.74, 6) is 0.944. The first-order valence-electron chi connectivity index (χ1n) is 8.39. The summed E-state index contributed by atoms with van der Waals surface area (Å²) in [6, 6.07) is 6.92. The first-order valence-corrected chi connectivity index (χ1v) is 8.39. The van der Waals surface area contributed by atoms with Gasteiger partial charge in [-0.25, -0.2) is 4.39 Å². The molecule has 3 rings (SSSR count). The fraction of sp³-hybridized carbons (Fsp3) is 0.611. The molecule has 0 bridgehead atoms. The van der Waals surface area contributed by atoms with Gasteiger partial charge in [-0.3, -0.25) is 4.79 Å². The third kappa shape index (κ3) is 3.67. The molecule has 1 heterocycles. The lowest BCUT2D eigenvalue weighted by Crippen LogP contribution is -2.34. The molecule has 1 amide bonds. The Kier molecular flexibility index (Phi) is 4.77. The van der Waals surface area contributed by atoms with Gasteiger partial charge >= 0.3 is 0 Å². The second-order valence-corrected chi connectivity index (χ2v) is 6.88. The summed E-state index contributed by atoms with van der Waals surface area (Å²) < 4.78 is 12.9. The maximum Gasteiger partial charge on any atom is 0.222 e. The predicted octanol–water partition coefficient (Wildman–Crippen LogP) is 2.73. The summed E-state index contributed by atoms with van der Waals surface area (Å²) in [4.78, 5) is 14.4. The molecule has 1 saturated carbocycles. The smallest absolute Gasteiger partial charge is 0.222 e. The Morgan fingerprint density at radius 2 is 2.00 bits per heavy atom. The molecule has 0 aromatic heterocycles. The van der Waals surface area contributed by atoms with E-state index in [1.165, 1.54) is 12.1 Å². The fourth-order valence-electron chi connectivity index (χ4n) is 3.85. The van der Waals surface area contributed by atoms with E-state index in [1.54, 1.807) is 0 Å². The van der Waals surface area contributed by atoms with E-state index in [1.807, 2.05) is 17.0 Å². The number of carbonyl (C=O) groups is 1. The molecule has 2 aliphatic rings. The average Bonchev–Trinajstić information content (AvgIpc) is 3.12. The van der Waals surface area contributed by atoms with Crippen molar-refractivity contribution in [2.24, 2.45) is 17.6 Å². The minimum atomic E-state index is -0.195. The van der Waals surface area contributed by atoms with Gasteiger partial charge in [-0.2, -0.15) is 0 Å². The Morgan fingerprint density at radius 1 is 1.23 bits per heavy atom. The van der Waals surface area contributed by atoms with Crippen LogP contribution in [0.25, 0.3) is 0 Å². The van der Waals surface area contributed by atoms with Crippen LogP contribution in [0.3, 0.4) is 0 Å². The van der Waals surface area contributed by atoms with Crippen molar-refractivity contribution in [3.63, 3.8) is 0 Å². The number of likely N-dealkylation sites (tertiary alicyclic amines) is 1. The van der Waals surface area contributed by atoms with E-state index >= 15 is 0 Å². The lowest BCUT2D eigenvalue weighted by molar-refractivity contribution is -0.131. The van der Waals surface area contributed by atoms with Crippen LogP contribution >= 0.6 is 0 Å². The van der Waals surface area contributed by atoms with Gasteiger partial charge in [0.1, 0.15) is 5.82 Å². The molecule has 1 aromatic rings. The van der Waals surface area contributed by atoms with Gasteiger partial charge in [-0.15, -0.1) is 0 Å². The van der Waals surface area contributed by atoms with Gasteiger partial charge in [0, 0.05) is 25.6 Å². The van der Waals surface area contributed by atoms with E-state index in [4.69, 9.17) is 5.73 Å². The van der Waals surface area contributed by atoms with Crippen LogP contribution in [0, 0.1) is 17.7 Å². The molecule has 0 spiro atoms. The van der Waals surface area contributed by atoms with Gasteiger partial charge in [0.2, 0.25) is 5.91 Å². The van der Waals surface area contributed by atoms with Gasteiger partial charge in [0.05, 0.1) is 0 Å². The van der Waals surface area contributed by atoms with Crippen molar-refractivity contribution in [2.45, 2.75) is 44.6 Å². The average molecular weight is 304 g/mol.